The Labute approximate surface area is 94.0 Å². The zero-order chi connectivity index (χ0) is 10.8. The Morgan fingerprint density at radius 3 is 3.07 bits per heavy atom. The summed E-state index contributed by atoms with van der Waals surface area (Å²) in [6.45, 7) is 11.7. The van der Waals surface area contributed by atoms with E-state index >= 15 is 0 Å². The first-order valence-corrected chi connectivity index (χ1v) is 5.95. The summed E-state index contributed by atoms with van der Waals surface area (Å²) in [7, 11) is 0. The molecule has 1 unspecified atom stereocenters. The van der Waals surface area contributed by atoms with Gasteiger partial charge in [0, 0.05) is 26.8 Å². The molecule has 0 bridgehead atoms. The number of nitrogens with zero attached hydrogens (tertiary/aromatic N) is 1. The molecular formula is C12H24N2O. The van der Waals surface area contributed by atoms with Crippen LogP contribution in [-0.2, 0) is 4.74 Å². The highest BCUT2D eigenvalue weighted by atomic mass is 16.5. The zero-order valence-electron chi connectivity index (χ0n) is 10.0. The van der Waals surface area contributed by atoms with Crippen LogP contribution in [0.25, 0.3) is 0 Å². The van der Waals surface area contributed by atoms with Crippen LogP contribution in [0.5, 0.6) is 0 Å². The van der Waals surface area contributed by atoms with Crippen LogP contribution in [0.4, 0.5) is 0 Å². The number of hydrogen-bond donors (Lipinski definition) is 1. The summed E-state index contributed by atoms with van der Waals surface area (Å²) in [6.07, 6.45) is 0. The molecule has 2 aliphatic rings. The van der Waals surface area contributed by atoms with Gasteiger partial charge in [0.1, 0.15) is 0 Å². The first-order valence-electron chi connectivity index (χ1n) is 5.95. The largest absolute Gasteiger partial charge is 0.375 e. The minimum absolute atomic E-state index is 0. The molecule has 0 aromatic carbocycles. The molecule has 0 saturated carbocycles. The van der Waals surface area contributed by atoms with Crippen LogP contribution in [0, 0.1) is 5.92 Å². The fraction of sp³-hybridized carbons (Fsp3) is 0.833. The summed E-state index contributed by atoms with van der Waals surface area (Å²) in [5, 5.41) is 3.44. The highest BCUT2D eigenvalue weighted by Crippen LogP contribution is 2.25. The Balaban J connectivity index is 0.00000128. The molecule has 0 aromatic rings. The number of hydrogen-bond acceptors (Lipinski definition) is 3. The van der Waals surface area contributed by atoms with Gasteiger partial charge >= 0.3 is 0 Å². The van der Waals surface area contributed by atoms with Gasteiger partial charge < -0.3 is 15.0 Å². The molecule has 0 amide bonds. The summed E-state index contributed by atoms with van der Waals surface area (Å²) in [5.74, 6) is 0.604. The lowest BCUT2D eigenvalue weighted by atomic mass is 10.0. The molecule has 0 radical (unpaired) electrons. The summed E-state index contributed by atoms with van der Waals surface area (Å²) in [5.41, 5.74) is 2.92. The van der Waals surface area contributed by atoms with Gasteiger partial charge in [-0.25, -0.2) is 0 Å². The molecule has 1 fully saturated rings. The first kappa shape index (κ1) is 11.0. The van der Waals surface area contributed by atoms with Gasteiger partial charge in [0.25, 0.3) is 0 Å². The average molecular weight is 212 g/mol. The minimum Gasteiger partial charge on any atom is -0.375 e. The topological polar surface area (TPSA) is 24.5 Å². The Hall–Kier alpha value is -0.540. The summed E-state index contributed by atoms with van der Waals surface area (Å²) in [4.78, 5) is 2.56. The van der Waals surface area contributed by atoms with E-state index in [0.717, 1.165) is 32.8 Å². The molecule has 1 saturated heterocycles. The maximum absolute atomic E-state index is 5.72. The van der Waals surface area contributed by atoms with Crippen molar-refractivity contribution in [2.24, 2.45) is 5.92 Å². The quantitative estimate of drug-likeness (QED) is 0.712. The van der Waals surface area contributed by atoms with Crippen LogP contribution in [0.3, 0.4) is 0 Å². The lowest BCUT2D eigenvalue weighted by Crippen LogP contribution is -2.52. The zero-order valence-corrected chi connectivity index (χ0v) is 10.0. The number of nitrogens with one attached hydrogen (secondary N) is 1. The highest BCUT2D eigenvalue weighted by Gasteiger charge is 2.28. The smallest absolute Gasteiger partial charge is 0.0694 e. The Morgan fingerprint density at radius 2 is 2.33 bits per heavy atom. The summed E-state index contributed by atoms with van der Waals surface area (Å²) >= 11 is 0. The second-order valence-electron chi connectivity index (χ2n) is 4.89. The molecule has 0 aliphatic carbocycles. The van der Waals surface area contributed by atoms with E-state index in [-0.39, 0.29) is 1.43 Å². The van der Waals surface area contributed by atoms with Gasteiger partial charge in [-0.15, -0.1) is 0 Å². The molecule has 2 heterocycles. The van der Waals surface area contributed by atoms with Gasteiger partial charge in [0.2, 0.25) is 0 Å². The van der Waals surface area contributed by atoms with Crippen molar-refractivity contribution >= 4 is 0 Å². The summed E-state index contributed by atoms with van der Waals surface area (Å²) < 4.78 is 5.72. The van der Waals surface area contributed by atoms with Crippen LogP contribution < -0.4 is 5.32 Å². The monoisotopic (exact) mass is 212 g/mol. The van der Waals surface area contributed by atoms with Gasteiger partial charge in [-0.1, -0.05) is 13.8 Å². The standard InChI is InChI=1S/C12H22N2O.H2/c1-9(2)12-10(3)7-15-8-11-6-13-4-5-14(11)12;/h9,11,13H,4-8H2,1-3H3;1H. The molecule has 1 atom stereocenters. The third-order valence-corrected chi connectivity index (χ3v) is 3.27. The van der Waals surface area contributed by atoms with Crippen LogP contribution in [0.1, 0.15) is 22.2 Å². The van der Waals surface area contributed by atoms with Crippen molar-refractivity contribution < 1.29 is 6.16 Å². The van der Waals surface area contributed by atoms with Crippen molar-refractivity contribution in [1.29, 1.82) is 0 Å². The van der Waals surface area contributed by atoms with Crippen LogP contribution in [-0.4, -0.2) is 43.8 Å². The van der Waals surface area contributed by atoms with Crippen molar-refractivity contribution in [3.05, 3.63) is 11.3 Å². The maximum atomic E-state index is 5.72. The van der Waals surface area contributed by atoms with E-state index in [9.17, 15) is 0 Å². The number of allylic oxidation sites excluding steroid dienone is 1. The maximum Gasteiger partial charge on any atom is 0.0694 e. The second kappa shape index (κ2) is 4.54. The molecule has 15 heavy (non-hydrogen) atoms. The molecule has 0 aromatic heterocycles. The second-order valence-corrected chi connectivity index (χ2v) is 4.89. The number of rotatable bonds is 1. The molecule has 2 rings (SSSR count). The molecule has 3 nitrogen and oxygen atoms in total. The van der Waals surface area contributed by atoms with E-state index in [1.807, 2.05) is 0 Å². The third kappa shape index (κ3) is 2.18. The molecule has 0 spiro atoms. The number of ether oxygens (including phenoxy) is 1. The number of fused-ring (bicyclic) bond motifs is 1. The van der Waals surface area contributed by atoms with E-state index in [2.05, 4.69) is 31.0 Å². The van der Waals surface area contributed by atoms with Crippen molar-refractivity contribution in [3.63, 3.8) is 0 Å². The van der Waals surface area contributed by atoms with Gasteiger partial charge in [0.05, 0.1) is 19.3 Å². The predicted octanol–water partition coefficient (Wildman–Crippen LogP) is 1.47. The SMILES string of the molecule is CC1=C(C(C)C)N2CCNCC2COC1.[HH]. The van der Waals surface area contributed by atoms with E-state index in [1.165, 1.54) is 11.3 Å². The van der Waals surface area contributed by atoms with Gasteiger partial charge in [-0.2, -0.15) is 0 Å². The van der Waals surface area contributed by atoms with Gasteiger partial charge in [0.15, 0.2) is 0 Å². The Kier molecular flexibility index (Phi) is 3.32. The van der Waals surface area contributed by atoms with Crippen molar-refractivity contribution in [2.45, 2.75) is 26.8 Å². The van der Waals surface area contributed by atoms with Crippen molar-refractivity contribution in [1.82, 2.24) is 10.2 Å². The van der Waals surface area contributed by atoms with Crippen molar-refractivity contribution in [3.8, 4) is 0 Å². The van der Waals surface area contributed by atoms with E-state index in [0.29, 0.717) is 12.0 Å². The Morgan fingerprint density at radius 1 is 1.53 bits per heavy atom. The first-order chi connectivity index (χ1) is 7.20. The van der Waals surface area contributed by atoms with E-state index < -0.39 is 0 Å². The highest BCUT2D eigenvalue weighted by molar-refractivity contribution is 5.17. The molecular weight excluding hydrogens is 188 g/mol. The molecule has 2 aliphatic heterocycles. The van der Waals surface area contributed by atoms with Crippen LogP contribution >= 0.6 is 0 Å². The fourth-order valence-corrected chi connectivity index (χ4v) is 2.72. The van der Waals surface area contributed by atoms with Gasteiger partial charge in [-0.05, 0) is 18.4 Å². The van der Waals surface area contributed by atoms with Crippen LogP contribution in [0.2, 0.25) is 0 Å². The Bertz CT molecular complexity index is 266. The third-order valence-electron chi connectivity index (χ3n) is 3.27. The average Bonchev–Trinajstić information content (AvgIpc) is 2.35. The molecule has 3 heteroatoms. The number of piperazine rings is 1. The molecule has 1 N–H and O–H groups in total. The normalized spacial score (nSPS) is 28.0. The predicted molar refractivity (Wildman–Crippen MR) is 63.8 cm³/mol. The van der Waals surface area contributed by atoms with E-state index in [1.54, 1.807) is 0 Å². The van der Waals surface area contributed by atoms with Gasteiger partial charge in [-0.3, -0.25) is 0 Å². The lowest BCUT2D eigenvalue weighted by molar-refractivity contribution is 0.0872. The lowest BCUT2D eigenvalue weighted by Gasteiger charge is -2.39. The fourth-order valence-electron chi connectivity index (χ4n) is 2.72. The van der Waals surface area contributed by atoms with Crippen LogP contribution in [0.15, 0.2) is 11.3 Å². The minimum atomic E-state index is 0. The molecule has 88 valence electrons. The van der Waals surface area contributed by atoms with Crippen molar-refractivity contribution in [2.75, 3.05) is 32.8 Å². The van der Waals surface area contributed by atoms with E-state index in [4.69, 9.17) is 4.74 Å². The summed E-state index contributed by atoms with van der Waals surface area (Å²) in [6, 6.07) is 0.536.